The molecule has 2 heterocycles. The third kappa shape index (κ3) is 3.18. The van der Waals surface area contributed by atoms with E-state index in [1.54, 1.807) is 13.0 Å². The Morgan fingerprint density at radius 2 is 2.32 bits per heavy atom. The van der Waals surface area contributed by atoms with E-state index in [0.29, 0.717) is 29.6 Å². The van der Waals surface area contributed by atoms with Crippen LogP contribution in [0.1, 0.15) is 24.8 Å². The van der Waals surface area contributed by atoms with Gasteiger partial charge in [0.25, 0.3) is 5.56 Å². The van der Waals surface area contributed by atoms with Crippen molar-refractivity contribution in [2.24, 2.45) is 0 Å². The second kappa shape index (κ2) is 6.54. The molecule has 22 heavy (non-hydrogen) atoms. The lowest BCUT2D eigenvalue weighted by atomic mass is 10.1. The first kappa shape index (κ1) is 15.1. The Morgan fingerprint density at radius 3 is 3.09 bits per heavy atom. The molecule has 5 nitrogen and oxygen atoms in total. The van der Waals surface area contributed by atoms with E-state index in [-0.39, 0.29) is 17.7 Å². The summed E-state index contributed by atoms with van der Waals surface area (Å²) < 4.78 is 26.1. The lowest BCUT2D eigenvalue weighted by molar-refractivity contribution is -0.163. The molecule has 0 unspecified atom stereocenters. The molecular formula is C16H19FN2O3. The Labute approximate surface area is 127 Å². The molecule has 1 aliphatic rings. The van der Waals surface area contributed by atoms with Gasteiger partial charge >= 0.3 is 0 Å². The highest BCUT2D eigenvalue weighted by molar-refractivity contribution is 5.78. The number of nitrogens with zero attached hydrogens (tertiary/aromatic N) is 2. The lowest BCUT2D eigenvalue weighted by Crippen LogP contribution is -2.27. The highest BCUT2D eigenvalue weighted by atomic mass is 19.1. The van der Waals surface area contributed by atoms with Crippen molar-refractivity contribution >= 4 is 10.9 Å². The number of aryl methyl sites for hydroxylation is 1. The zero-order valence-corrected chi connectivity index (χ0v) is 12.5. The zero-order valence-electron chi connectivity index (χ0n) is 12.5. The topological polar surface area (TPSA) is 53.4 Å². The quantitative estimate of drug-likeness (QED) is 0.870. The molecule has 1 saturated heterocycles. The van der Waals surface area contributed by atoms with E-state index in [1.807, 2.05) is 0 Å². The zero-order chi connectivity index (χ0) is 15.5. The summed E-state index contributed by atoms with van der Waals surface area (Å²) in [6.07, 6.45) is 4.33. The van der Waals surface area contributed by atoms with Crippen LogP contribution in [0.25, 0.3) is 10.9 Å². The summed E-state index contributed by atoms with van der Waals surface area (Å²) in [6, 6.07) is 2.84. The SMILES string of the molecule is Cc1cc2c(=O)n(CCO[C@H]3CCCCO3)cnc2cc1F. The molecule has 118 valence electrons. The molecule has 2 aromatic rings. The van der Waals surface area contributed by atoms with Gasteiger partial charge in [-0.2, -0.15) is 0 Å². The van der Waals surface area contributed by atoms with E-state index in [9.17, 15) is 9.18 Å². The summed E-state index contributed by atoms with van der Waals surface area (Å²) in [5, 5.41) is 0.426. The first-order valence-electron chi connectivity index (χ1n) is 7.53. The molecule has 0 saturated carbocycles. The molecule has 0 aliphatic carbocycles. The number of ether oxygens (including phenoxy) is 2. The van der Waals surface area contributed by atoms with Gasteiger partial charge < -0.3 is 9.47 Å². The van der Waals surface area contributed by atoms with Gasteiger partial charge in [0.15, 0.2) is 6.29 Å². The largest absolute Gasteiger partial charge is 0.353 e. The van der Waals surface area contributed by atoms with Crippen LogP contribution in [-0.2, 0) is 16.0 Å². The molecule has 1 aliphatic heterocycles. The van der Waals surface area contributed by atoms with Crippen LogP contribution < -0.4 is 5.56 Å². The molecule has 0 N–H and O–H groups in total. The minimum absolute atomic E-state index is 0.172. The van der Waals surface area contributed by atoms with Crippen molar-refractivity contribution in [3.8, 4) is 0 Å². The number of aromatic nitrogens is 2. The first-order chi connectivity index (χ1) is 10.6. The third-order valence-corrected chi connectivity index (χ3v) is 3.88. The number of hydrogen-bond acceptors (Lipinski definition) is 4. The molecule has 1 atom stereocenters. The molecular weight excluding hydrogens is 287 g/mol. The van der Waals surface area contributed by atoms with Crippen LogP contribution in [0.4, 0.5) is 4.39 Å². The maximum Gasteiger partial charge on any atom is 0.261 e. The highest BCUT2D eigenvalue weighted by Gasteiger charge is 2.14. The Hall–Kier alpha value is -1.79. The van der Waals surface area contributed by atoms with Crippen LogP contribution in [0.2, 0.25) is 0 Å². The van der Waals surface area contributed by atoms with E-state index in [2.05, 4.69) is 4.98 Å². The van der Waals surface area contributed by atoms with Crippen molar-refractivity contribution in [1.29, 1.82) is 0 Å². The summed E-state index contributed by atoms with van der Waals surface area (Å²) in [7, 11) is 0. The maximum atomic E-state index is 13.5. The summed E-state index contributed by atoms with van der Waals surface area (Å²) in [5.74, 6) is -0.352. The van der Waals surface area contributed by atoms with Gasteiger partial charge in [-0.3, -0.25) is 9.36 Å². The molecule has 1 aromatic heterocycles. The fraction of sp³-hybridized carbons (Fsp3) is 0.500. The maximum absolute atomic E-state index is 13.5. The fourth-order valence-corrected chi connectivity index (χ4v) is 2.57. The second-order valence-electron chi connectivity index (χ2n) is 5.53. The van der Waals surface area contributed by atoms with E-state index in [0.717, 1.165) is 25.9 Å². The number of fused-ring (bicyclic) bond motifs is 1. The molecule has 0 spiro atoms. The van der Waals surface area contributed by atoms with Crippen LogP contribution in [0.5, 0.6) is 0 Å². The molecule has 1 aromatic carbocycles. The monoisotopic (exact) mass is 306 g/mol. The van der Waals surface area contributed by atoms with Crippen LogP contribution in [0, 0.1) is 12.7 Å². The molecule has 0 radical (unpaired) electrons. The molecule has 0 amide bonds. The van der Waals surface area contributed by atoms with Gasteiger partial charge in [-0.25, -0.2) is 9.37 Å². The van der Waals surface area contributed by atoms with Gasteiger partial charge in [0.05, 0.1) is 30.4 Å². The van der Waals surface area contributed by atoms with Crippen LogP contribution in [-0.4, -0.2) is 29.1 Å². The van der Waals surface area contributed by atoms with Gasteiger partial charge in [0.1, 0.15) is 5.82 Å². The first-order valence-corrected chi connectivity index (χ1v) is 7.53. The normalized spacial score (nSPS) is 18.7. The Bertz CT molecular complexity index is 723. The third-order valence-electron chi connectivity index (χ3n) is 3.88. The van der Waals surface area contributed by atoms with Crippen LogP contribution in [0.15, 0.2) is 23.3 Å². The van der Waals surface area contributed by atoms with Gasteiger partial charge in [-0.1, -0.05) is 0 Å². The van der Waals surface area contributed by atoms with Gasteiger partial charge in [0, 0.05) is 12.7 Å². The molecule has 6 heteroatoms. The van der Waals surface area contributed by atoms with Crippen molar-refractivity contribution in [2.75, 3.05) is 13.2 Å². The van der Waals surface area contributed by atoms with Crippen LogP contribution >= 0.6 is 0 Å². The fourth-order valence-electron chi connectivity index (χ4n) is 2.57. The van der Waals surface area contributed by atoms with Crippen molar-refractivity contribution in [3.05, 3.63) is 40.2 Å². The Kier molecular flexibility index (Phi) is 4.49. The van der Waals surface area contributed by atoms with Crippen molar-refractivity contribution in [2.45, 2.75) is 39.0 Å². The standard InChI is InChI=1S/C16H19FN2O3/c1-11-8-12-14(9-13(11)17)18-10-19(16(12)20)5-7-22-15-4-2-3-6-21-15/h8-10,15H,2-7H2,1H3/t15-/m0/s1. The summed E-state index contributed by atoms with van der Waals surface area (Å²) in [5.41, 5.74) is 0.637. The molecule has 0 bridgehead atoms. The molecule has 1 fully saturated rings. The number of halogens is 1. The summed E-state index contributed by atoms with van der Waals surface area (Å²) in [4.78, 5) is 16.5. The number of rotatable bonds is 4. The van der Waals surface area contributed by atoms with Crippen molar-refractivity contribution in [1.82, 2.24) is 9.55 Å². The highest BCUT2D eigenvalue weighted by Crippen LogP contribution is 2.15. The molecule has 3 rings (SSSR count). The average molecular weight is 306 g/mol. The van der Waals surface area contributed by atoms with Crippen LogP contribution in [0.3, 0.4) is 0 Å². The average Bonchev–Trinajstić information content (AvgIpc) is 2.53. The van der Waals surface area contributed by atoms with E-state index >= 15 is 0 Å². The predicted octanol–water partition coefficient (Wildman–Crippen LogP) is 2.39. The van der Waals surface area contributed by atoms with Gasteiger partial charge in [-0.15, -0.1) is 0 Å². The summed E-state index contributed by atoms with van der Waals surface area (Å²) >= 11 is 0. The smallest absolute Gasteiger partial charge is 0.261 e. The van der Waals surface area contributed by atoms with Gasteiger partial charge in [0.2, 0.25) is 0 Å². The Balaban J connectivity index is 1.72. The van der Waals surface area contributed by atoms with E-state index in [4.69, 9.17) is 9.47 Å². The minimum Gasteiger partial charge on any atom is -0.353 e. The predicted molar refractivity (Wildman–Crippen MR) is 80.2 cm³/mol. The van der Waals surface area contributed by atoms with E-state index in [1.165, 1.54) is 17.0 Å². The van der Waals surface area contributed by atoms with E-state index < -0.39 is 0 Å². The minimum atomic E-state index is -0.352. The lowest BCUT2D eigenvalue weighted by Gasteiger charge is -2.22. The Morgan fingerprint density at radius 1 is 1.45 bits per heavy atom. The van der Waals surface area contributed by atoms with Crippen molar-refractivity contribution in [3.63, 3.8) is 0 Å². The second-order valence-corrected chi connectivity index (χ2v) is 5.53. The number of benzene rings is 1. The number of hydrogen-bond donors (Lipinski definition) is 0. The van der Waals surface area contributed by atoms with Crippen molar-refractivity contribution < 1.29 is 13.9 Å². The van der Waals surface area contributed by atoms with Gasteiger partial charge in [-0.05, 0) is 37.8 Å². The summed E-state index contributed by atoms with van der Waals surface area (Å²) in [6.45, 7) is 3.15.